The summed E-state index contributed by atoms with van der Waals surface area (Å²) in [7, 11) is 3.27. The second-order valence-electron chi connectivity index (χ2n) is 5.70. The highest BCUT2D eigenvalue weighted by Gasteiger charge is 2.45. The predicted octanol–water partition coefficient (Wildman–Crippen LogP) is 1.57. The zero-order valence-electron chi connectivity index (χ0n) is 13.1. The highest BCUT2D eigenvalue weighted by molar-refractivity contribution is 6.29. The van der Waals surface area contributed by atoms with Gasteiger partial charge in [0.05, 0.1) is 30.6 Å². The molecule has 0 aliphatic carbocycles. The number of hydrogen-bond acceptors (Lipinski definition) is 6. The molecule has 7 nitrogen and oxygen atoms in total. The first-order valence-electron chi connectivity index (χ1n) is 7.36. The van der Waals surface area contributed by atoms with Gasteiger partial charge in [0.2, 0.25) is 0 Å². The van der Waals surface area contributed by atoms with Crippen molar-refractivity contribution in [3.05, 3.63) is 35.4 Å². The smallest absolute Gasteiger partial charge is 0.316 e. The van der Waals surface area contributed by atoms with E-state index < -0.39 is 5.41 Å². The zero-order valence-corrected chi connectivity index (χ0v) is 13.8. The molecule has 1 saturated heterocycles. The third-order valence-corrected chi connectivity index (χ3v) is 4.61. The minimum atomic E-state index is -0.649. The van der Waals surface area contributed by atoms with Gasteiger partial charge in [0, 0.05) is 38.0 Å². The maximum absolute atomic E-state index is 12.5. The van der Waals surface area contributed by atoms with E-state index in [4.69, 9.17) is 16.3 Å². The zero-order chi connectivity index (χ0) is 16.4. The van der Waals surface area contributed by atoms with Gasteiger partial charge in [-0.05, 0) is 12.8 Å². The quantitative estimate of drug-likeness (QED) is 0.793. The molecule has 0 aromatic carbocycles. The third kappa shape index (κ3) is 2.88. The van der Waals surface area contributed by atoms with Crippen LogP contribution in [0.15, 0.2) is 24.7 Å². The van der Waals surface area contributed by atoms with Crippen molar-refractivity contribution in [3.8, 4) is 0 Å². The van der Waals surface area contributed by atoms with Gasteiger partial charge in [-0.3, -0.25) is 9.48 Å². The number of carbonyl (C=O) groups is 1. The van der Waals surface area contributed by atoms with E-state index in [-0.39, 0.29) is 5.97 Å². The van der Waals surface area contributed by atoms with Gasteiger partial charge in [-0.1, -0.05) is 11.6 Å². The fourth-order valence-corrected chi connectivity index (χ4v) is 3.28. The summed E-state index contributed by atoms with van der Waals surface area (Å²) < 4.78 is 6.79. The van der Waals surface area contributed by atoms with Crippen LogP contribution >= 0.6 is 11.6 Å². The number of anilines is 1. The molecule has 0 spiro atoms. The van der Waals surface area contributed by atoms with Gasteiger partial charge >= 0.3 is 5.97 Å². The Bertz CT molecular complexity index is 709. The number of ether oxygens (including phenoxy) is 1. The van der Waals surface area contributed by atoms with Crippen LogP contribution < -0.4 is 4.90 Å². The molecule has 2 aromatic heterocycles. The molecule has 0 saturated carbocycles. The first kappa shape index (κ1) is 15.7. The van der Waals surface area contributed by atoms with Gasteiger partial charge in [-0.2, -0.15) is 10.2 Å². The molecule has 0 N–H and O–H groups in total. The first-order chi connectivity index (χ1) is 11.0. The Morgan fingerprint density at radius 3 is 2.65 bits per heavy atom. The minimum Gasteiger partial charge on any atom is -0.468 e. The van der Waals surface area contributed by atoms with E-state index in [0.29, 0.717) is 31.1 Å². The van der Waals surface area contributed by atoms with Gasteiger partial charge in [-0.15, -0.1) is 5.10 Å². The second kappa shape index (κ2) is 6.16. The van der Waals surface area contributed by atoms with Crippen molar-refractivity contribution in [2.24, 2.45) is 7.05 Å². The van der Waals surface area contributed by atoms with Crippen LogP contribution in [0.2, 0.25) is 5.15 Å². The lowest BCUT2D eigenvalue weighted by atomic mass is 9.74. The minimum absolute atomic E-state index is 0.212. The fraction of sp³-hybridized carbons (Fsp3) is 0.467. The van der Waals surface area contributed by atoms with Crippen LogP contribution in [-0.4, -0.2) is 46.1 Å². The Balaban J connectivity index is 1.84. The van der Waals surface area contributed by atoms with E-state index in [1.54, 1.807) is 23.1 Å². The number of halogens is 1. The van der Waals surface area contributed by atoms with Crippen molar-refractivity contribution < 1.29 is 9.53 Å². The molecule has 0 amide bonds. The molecule has 0 bridgehead atoms. The summed E-state index contributed by atoms with van der Waals surface area (Å²) in [6, 6.07) is 1.78. The molecule has 1 aliphatic heterocycles. The van der Waals surface area contributed by atoms with Crippen molar-refractivity contribution in [1.29, 1.82) is 0 Å². The molecule has 0 unspecified atom stereocenters. The van der Waals surface area contributed by atoms with E-state index in [0.717, 1.165) is 11.3 Å². The molecule has 122 valence electrons. The Morgan fingerprint density at radius 2 is 2.09 bits per heavy atom. The molecular weight excluding hydrogens is 318 g/mol. The Kier molecular flexibility index (Phi) is 4.21. The molecule has 3 rings (SSSR count). The average molecular weight is 336 g/mol. The highest BCUT2D eigenvalue weighted by atomic mass is 35.5. The number of esters is 1. The monoisotopic (exact) mass is 335 g/mol. The largest absolute Gasteiger partial charge is 0.468 e. The number of carbonyl (C=O) groups excluding carboxylic acids is 1. The van der Waals surface area contributed by atoms with Gasteiger partial charge in [0.1, 0.15) is 0 Å². The van der Waals surface area contributed by atoms with Crippen molar-refractivity contribution in [1.82, 2.24) is 20.0 Å². The summed E-state index contributed by atoms with van der Waals surface area (Å²) in [5.41, 5.74) is 1.16. The topological polar surface area (TPSA) is 73.1 Å². The number of aryl methyl sites for hydroxylation is 1. The number of rotatable bonds is 3. The molecule has 3 heterocycles. The number of piperidine rings is 1. The summed E-state index contributed by atoms with van der Waals surface area (Å²) >= 11 is 5.91. The van der Waals surface area contributed by atoms with Crippen LogP contribution in [0, 0.1) is 0 Å². The van der Waals surface area contributed by atoms with Crippen molar-refractivity contribution >= 4 is 23.3 Å². The van der Waals surface area contributed by atoms with Gasteiger partial charge in [-0.25, -0.2) is 0 Å². The second-order valence-corrected chi connectivity index (χ2v) is 6.09. The molecule has 0 radical (unpaired) electrons. The van der Waals surface area contributed by atoms with E-state index >= 15 is 0 Å². The Hall–Kier alpha value is -2.15. The van der Waals surface area contributed by atoms with Crippen molar-refractivity contribution in [2.75, 3.05) is 25.1 Å². The van der Waals surface area contributed by atoms with Crippen molar-refractivity contribution in [2.45, 2.75) is 18.3 Å². The average Bonchev–Trinajstić information content (AvgIpc) is 3.01. The molecule has 1 aliphatic rings. The van der Waals surface area contributed by atoms with Gasteiger partial charge in [0.25, 0.3) is 0 Å². The molecule has 1 fully saturated rings. The lowest BCUT2D eigenvalue weighted by molar-refractivity contribution is -0.148. The summed E-state index contributed by atoms with van der Waals surface area (Å²) in [6.45, 7) is 1.40. The number of hydrogen-bond donors (Lipinski definition) is 0. The van der Waals surface area contributed by atoms with Crippen LogP contribution in [0.1, 0.15) is 18.4 Å². The maximum atomic E-state index is 12.5. The number of methoxy groups -OCH3 is 1. The number of aromatic nitrogens is 4. The molecular formula is C15H18ClN5O2. The van der Waals surface area contributed by atoms with Gasteiger partial charge < -0.3 is 9.64 Å². The fourth-order valence-electron chi connectivity index (χ4n) is 3.13. The standard InChI is InChI=1S/C15H18ClN5O2/c1-20-10-11(8-18-20)15(14(22)23-2)3-5-21(6-4-15)12-7-13(16)19-17-9-12/h7-10H,3-6H2,1-2H3. The summed E-state index contributed by atoms with van der Waals surface area (Å²) in [5.74, 6) is -0.212. The molecule has 23 heavy (non-hydrogen) atoms. The van der Waals surface area contributed by atoms with Gasteiger partial charge in [0.15, 0.2) is 5.15 Å². The Labute approximate surface area is 139 Å². The summed E-state index contributed by atoms with van der Waals surface area (Å²) in [6.07, 6.45) is 6.60. The maximum Gasteiger partial charge on any atom is 0.316 e. The molecule has 2 aromatic rings. The Morgan fingerprint density at radius 1 is 1.35 bits per heavy atom. The highest BCUT2D eigenvalue weighted by Crippen LogP contribution is 2.38. The van der Waals surface area contributed by atoms with Crippen LogP contribution in [-0.2, 0) is 22.0 Å². The molecule has 0 atom stereocenters. The lowest BCUT2D eigenvalue weighted by Crippen LogP contribution is -2.48. The predicted molar refractivity (Wildman–Crippen MR) is 85.4 cm³/mol. The summed E-state index contributed by atoms with van der Waals surface area (Å²) in [5, 5.41) is 12.2. The van der Waals surface area contributed by atoms with E-state index in [9.17, 15) is 4.79 Å². The van der Waals surface area contributed by atoms with E-state index in [1.807, 2.05) is 13.2 Å². The summed E-state index contributed by atoms with van der Waals surface area (Å²) in [4.78, 5) is 14.6. The van der Waals surface area contributed by atoms with Crippen LogP contribution in [0.25, 0.3) is 0 Å². The normalized spacial score (nSPS) is 17.1. The van der Waals surface area contributed by atoms with Crippen molar-refractivity contribution in [3.63, 3.8) is 0 Å². The van der Waals surface area contributed by atoms with E-state index in [2.05, 4.69) is 20.2 Å². The molecule has 8 heteroatoms. The van der Waals surface area contributed by atoms with Crippen LogP contribution in [0.5, 0.6) is 0 Å². The first-order valence-corrected chi connectivity index (χ1v) is 7.74. The third-order valence-electron chi connectivity index (χ3n) is 4.43. The number of nitrogens with zero attached hydrogens (tertiary/aromatic N) is 5. The van der Waals surface area contributed by atoms with E-state index in [1.165, 1.54) is 7.11 Å². The lowest BCUT2D eigenvalue weighted by Gasteiger charge is -2.40. The SMILES string of the molecule is COC(=O)C1(c2cnn(C)c2)CCN(c2cnnc(Cl)c2)CC1. The van der Waals surface area contributed by atoms with Crippen LogP contribution in [0.3, 0.4) is 0 Å². The van der Waals surface area contributed by atoms with Crippen LogP contribution in [0.4, 0.5) is 5.69 Å².